The number of oxazole rings is 1. The molecule has 6 nitrogen and oxygen atoms in total. The minimum Gasteiger partial charge on any atom is -0.484 e. The third kappa shape index (κ3) is 4.65. The molecule has 0 fully saturated rings. The molecule has 0 radical (unpaired) electrons. The Morgan fingerprint density at radius 1 is 1.45 bits per heavy atom. The highest BCUT2D eigenvalue weighted by Crippen LogP contribution is 2.20. The summed E-state index contributed by atoms with van der Waals surface area (Å²) in [6.07, 6.45) is 0. The Balaban J connectivity index is 1.97. The molecule has 0 bridgehead atoms. The number of rotatable bonds is 7. The van der Waals surface area contributed by atoms with E-state index < -0.39 is 0 Å². The second kappa shape index (κ2) is 7.69. The highest BCUT2D eigenvalue weighted by atomic mass is 35.5. The largest absolute Gasteiger partial charge is 0.484 e. The zero-order chi connectivity index (χ0) is 15.9. The predicted octanol–water partition coefficient (Wildman–Crippen LogP) is 1.34. The van der Waals surface area contributed by atoms with Crippen LogP contribution < -0.4 is 15.0 Å². The Bertz CT molecular complexity index is 664. The molecule has 0 aliphatic heterocycles. The van der Waals surface area contributed by atoms with Crippen LogP contribution in [0.4, 0.5) is 5.88 Å². The van der Waals surface area contributed by atoms with E-state index in [0.717, 1.165) is 6.54 Å². The van der Waals surface area contributed by atoms with Crippen molar-refractivity contribution in [3.05, 3.63) is 40.9 Å². The number of hydrogen-bond donors (Lipinski definition) is 2. The molecule has 0 aliphatic carbocycles. The Morgan fingerprint density at radius 2 is 2.27 bits per heavy atom. The Labute approximate surface area is 134 Å². The maximum absolute atomic E-state index is 9.09. The lowest BCUT2D eigenvalue weighted by molar-refractivity contribution is -0.856. The minimum absolute atomic E-state index is 0.135. The smallest absolute Gasteiger partial charge is 0.236 e. The van der Waals surface area contributed by atoms with Gasteiger partial charge in [0.1, 0.15) is 11.8 Å². The molecule has 0 unspecified atom stereocenters. The van der Waals surface area contributed by atoms with E-state index in [0.29, 0.717) is 29.1 Å². The summed E-state index contributed by atoms with van der Waals surface area (Å²) in [6.45, 7) is 1.73. The second-order valence-corrected chi connectivity index (χ2v) is 5.46. The van der Waals surface area contributed by atoms with E-state index in [1.807, 2.05) is 6.07 Å². The number of nitrogens with one attached hydrogen (secondary N) is 2. The first-order chi connectivity index (χ1) is 10.6. The number of nitrogens with zero attached hydrogens (tertiary/aromatic N) is 2. The van der Waals surface area contributed by atoms with Gasteiger partial charge in [0, 0.05) is 5.02 Å². The lowest BCUT2D eigenvalue weighted by Gasteiger charge is -2.07. The fraction of sp³-hybridized carbons (Fsp3) is 0.333. The van der Waals surface area contributed by atoms with Crippen molar-refractivity contribution < 1.29 is 14.1 Å². The van der Waals surface area contributed by atoms with Crippen molar-refractivity contribution >= 4 is 17.5 Å². The molecule has 116 valence electrons. The van der Waals surface area contributed by atoms with Crippen molar-refractivity contribution in [3.8, 4) is 11.8 Å². The molecular weight excluding hydrogens is 304 g/mol. The van der Waals surface area contributed by atoms with Crippen LogP contribution in [0, 0.1) is 11.3 Å². The number of anilines is 1. The highest BCUT2D eigenvalue weighted by molar-refractivity contribution is 6.30. The molecule has 22 heavy (non-hydrogen) atoms. The van der Waals surface area contributed by atoms with Crippen LogP contribution in [-0.2, 0) is 6.61 Å². The van der Waals surface area contributed by atoms with Crippen LogP contribution in [0.2, 0.25) is 5.02 Å². The molecule has 7 heteroatoms. The van der Waals surface area contributed by atoms with Crippen LogP contribution in [0.5, 0.6) is 5.75 Å². The third-order valence-electron chi connectivity index (χ3n) is 2.85. The van der Waals surface area contributed by atoms with E-state index in [-0.39, 0.29) is 12.3 Å². The van der Waals surface area contributed by atoms with Crippen LogP contribution in [0.1, 0.15) is 11.6 Å². The van der Waals surface area contributed by atoms with Crippen molar-refractivity contribution in [3.63, 3.8) is 0 Å². The highest BCUT2D eigenvalue weighted by Gasteiger charge is 2.13. The van der Waals surface area contributed by atoms with Gasteiger partial charge in [0.2, 0.25) is 17.5 Å². The molecule has 0 atom stereocenters. The molecule has 2 rings (SSSR count). The van der Waals surface area contributed by atoms with Crippen molar-refractivity contribution in [2.75, 3.05) is 32.5 Å². The fourth-order valence-corrected chi connectivity index (χ4v) is 1.93. The van der Waals surface area contributed by atoms with Gasteiger partial charge in [-0.2, -0.15) is 10.2 Å². The fourth-order valence-electron chi connectivity index (χ4n) is 1.75. The van der Waals surface area contributed by atoms with Crippen molar-refractivity contribution in [2.24, 2.45) is 0 Å². The molecule has 1 heterocycles. The summed E-state index contributed by atoms with van der Waals surface area (Å²) in [5.74, 6) is 1.35. The molecular formula is C15H18ClN4O2+. The summed E-state index contributed by atoms with van der Waals surface area (Å²) in [5, 5.41) is 12.8. The van der Waals surface area contributed by atoms with E-state index in [9.17, 15) is 0 Å². The van der Waals surface area contributed by atoms with Gasteiger partial charge in [-0.1, -0.05) is 17.7 Å². The van der Waals surface area contributed by atoms with Crippen molar-refractivity contribution in [1.82, 2.24) is 4.98 Å². The summed E-state index contributed by atoms with van der Waals surface area (Å²) in [7, 11) is 4.11. The van der Waals surface area contributed by atoms with Gasteiger partial charge in [-0.05, 0) is 18.2 Å². The SMILES string of the molecule is C[NH+](C)CCNc1oc(COc2cccc(Cl)c2)nc1C#N. The predicted molar refractivity (Wildman–Crippen MR) is 83.2 cm³/mol. The maximum Gasteiger partial charge on any atom is 0.236 e. The van der Waals surface area contributed by atoms with Crippen LogP contribution >= 0.6 is 11.6 Å². The lowest BCUT2D eigenvalue weighted by atomic mass is 10.3. The summed E-state index contributed by atoms with van der Waals surface area (Å²) >= 11 is 5.89. The number of ether oxygens (including phenoxy) is 1. The number of aromatic nitrogens is 1. The minimum atomic E-state index is 0.135. The Kier molecular flexibility index (Phi) is 5.64. The van der Waals surface area contributed by atoms with E-state index >= 15 is 0 Å². The molecule has 0 aliphatic rings. The lowest BCUT2D eigenvalue weighted by Crippen LogP contribution is -3.06. The van der Waals surface area contributed by atoms with Gasteiger partial charge in [0.15, 0.2) is 6.61 Å². The number of nitriles is 1. The van der Waals surface area contributed by atoms with Crippen LogP contribution in [0.3, 0.4) is 0 Å². The van der Waals surface area contributed by atoms with Crippen LogP contribution in [0.15, 0.2) is 28.7 Å². The van der Waals surface area contributed by atoms with Gasteiger partial charge in [-0.3, -0.25) is 0 Å². The second-order valence-electron chi connectivity index (χ2n) is 5.03. The number of quaternary nitrogens is 1. The topological polar surface area (TPSA) is 75.5 Å². The van der Waals surface area contributed by atoms with Gasteiger partial charge in [-0.15, -0.1) is 0 Å². The van der Waals surface area contributed by atoms with Gasteiger partial charge >= 0.3 is 0 Å². The first kappa shape index (κ1) is 16.1. The number of hydrogen-bond acceptors (Lipinski definition) is 5. The first-order valence-electron chi connectivity index (χ1n) is 6.89. The average Bonchev–Trinajstić information content (AvgIpc) is 2.87. The Morgan fingerprint density at radius 3 is 2.95 bits per heavy atom. The molecule has 1 aromatic heterocycles. The molecule has 2 aromatic rings. The Hall–Kier alpha value is -2.23. The average molecular weight is 322 g/mol. The zero-order valence-electron chi connectivity index (χ0n) is 12.5. The molecule has 0 saturated carbocycles. The molecule has 0 spiro atoms. The number of halogens is 1. The van der Waals surface area contributed by atoms with Gasteiger partial charge < -0.3 is 19.4 Å². The molecule has 1 aromatic carbocycles. The number of benzene rings is 1. The van der Waals surface area contributed by atoms with Crippen molar-refractivity contribution in [2.45, 2.75) is 6.61 Å². The van der Waals surface area contributed by atoms with Crippen LogP contribution in [0.25, 0.3) is 0 Å². The monoisotopic (exact) mass is 321 g/mol. The van der Waals surface area contributed by atoms with Gasteiger partial charge in [-0.25, -0.2) is 0 Å². The standard InChI is InChI=1S/C15H17ClN4O2/c1-20(2)7-6-18-15-13(9-17)19-14(22-15)10-21-12-5-3-4-11(16)8-12/h3-5,8,18H,6-7,10H2,1-2H3/p+1. The normalized spacial score (nSPS) is 10.5. The van der Waals surface area contributed by atoms with Gasteiger partial charge in [0.25, 0.3) is 0 Å². The quantitative estimate of drug-likeness (QED) is 0.805. The third-order valence-corrected chi connectivity index (χ3v) is 3.08. The van der Waals surface area contributed by atoms with E-state index in [1.54, 1.807) is 24.3 Å². The molecule has 2 N–H and O–H groups in total. The van der Waals surface area contributed by atoms with E-state index in [2.05, 4.69) is 24.4 Å². The summed E-state index contributed by atoms with van der Waals surface area (Å²) in [4.78, 5) is 5.41. The zero-order valence-corrected chi connectivity index (χ0v) is 13.3. The maximum atomic E-state index is 9.09. The van der Waals surface area contributed by atoms with Gasteiger partial charge in [0.05, 0.1) is 27.2 Å². The summed E-state index contributed by atoms with van der Waals surface area (Å²) in [5.41, 5.74) is 0.235. The molecule has 0 amide bonds. The van der Waals surface area contributed by atoms with Crippen molar-refractivity contribution in [1.29, 1.82) is 5.26 Å². The first-order valence-corrected chi connectivity index (χ1v) is 7.27. The van der Waals surface area contributed by atoms with Crippen LogP contribution in [-0.4, -0.2) is 32.2 Å². The van der Waals surface area contributed by atoms with E-state index in [4.69, 9.17) is 26.0 Å². The van der Waals surface area contributed by atoms with E-state index in [1.165, 1.54) is 4.90 Å². The molecule has 0 saturated heterocycles. The number of likely N-dealkylation sites (N-methyl/N-ethyl adjacent to an activating group) is 1. The summed E-state index contributed by atoms with van der Waals surface area (Å²) in [6, 6.07) is 9.07. The summed E-state index contributed by atoms with van der Waals surface area (Å²) < 4.78 is 11.1.